The van der Waals surface area contributed by atoms with Crippen LogP contribution >= 0.6 is 0 Å². The first-order valence-corrected chi connectivity index (χ1v) is 11.4. The Labute approximate surface area is 211 Å². The number of rotatable bonds is 6. The molecule has 206 valence electrons. The molecule has 16 heteroatoms. The molecule has 2 aliphatic rings. The lowest BCUT2D eigenvalue weighted by atomic mass is 10.1. The van der Waals surface area contributed by atoms with Crippen molar-refractivity contribution in [3.63, 3.8) is 0 Å². The van der Waals surface area contributed by atoms with Crippen molar-refractivity contribution in [2.24, 2.45) is 4.99 Å². The fourth-order valence-corrected chi connectivity index (χ4v) is 4.09. The third-order valence-corrected chi connectivity index (χ3v) is 5.84. The first-order chi connectivity index (χ1) is 17.8. The van der Waals surface area contributed by atoms with Crippen LogP contribution in [0, 0.1) is 0 Å². The second-order valence-electron chi connectivity index (χ2n) is 8.59. The Hall–Kier alpha value is -3.69. The summed E-state index contributed by atoms with van der Waals surface area (Å²) in [7, 11) is 0. The quantitative estimate of drug-likeness (QED) is 0.336. The second-order valence-corrected chi connectivity index (χ2v) is 8.59. The third kappa shape index (κ3) is 6.06. The summed E-state index contributed by atoms with van der Waals surface area (Å²) >= 11 is 0. The standard InChI is InChI=1S/C22H22F6N6O4/c1-12(31-14-2-4-29-19(36)17(14)22(26,27)28)10-37-7-3-16(35)33-5-6-34-13(9-33)11-38-20-18(34)30-8-15(32-20)21(23,24)25/h2,4,8,13H,3,5-7,9-11H2,1H3,(H,29,36). The van der Waals surface area contributed by atoms with Crippen LogP contribution in [0.15, 0.2) is 28.2 Å². The van der Waals surface area contributed by atoms with E-state index < -0.39 is 34.9 Å². The largest absolute Gasteiger partial charge is 0.473 e. The van der Waals surface area contributed by atoms with Gasteiger partial charge in [-0.25, -0.2) is 9.97 Å². The van der Waals surface area contributed by atoms with Crippen molar-refractivity contribution in [2.75, 3.05) is 44.4 Å². The predicted molar refractivity (Wildman–Crippen MR) is 121 cm³/mol. The fraction of sp³-hybridized carbons (Fsp3) is 0.500. The Morgan fingerprint density at radius 2 is 2.00 bits per heavy atom. The number of halogens is 6. The highest BCUT2D eigenvalue weighted by Crippen LogP contribution is 2.36. The van der Waals surface area contributed by atoms with Gasteiger partial charge in [-0.3, -0.25) is 14.6 Å². The van der Waals surface area contributed by atoms with Crippen LogP contribution in [0.1, 0.15) is 24.6 Å². The molecule has 0 saturated carbocycles. The van der Waals surface area contributed by atoms with Crippen molar-refractivity contribution in [3.05, 3.63) is 40.1 Å². The highest BCUT2D eigenvalue weighted by molar-refractivity contribution is 5.86. The maximum atomic E-state index is 13.1. The van der Waals surface area contributed by atoms with Gasteiger partial charge in [0, 0.05) is 31.5 Å². The van der Waals surface area contributed by atoms with E-state index >= 15 is 0 Å². The van der Waals surface area contributed by atoms with Crippen LogP contribution in [0.5, 0.6) is 5.88 Å². The molecule has 2 aromatic rings. The average Bonchev–Trinajstić information content (AvgIpc) is 2.84. The number of hydrogen-bond acceptors (Lipinski definition) is 8. The number of fused-ring (bicyclic) bond motifs is 3. The van der Waals surface area contributed by atoms with Gasteiger partial charge in [-0.05, 0) is 13.0 Å². The van der Waals surface area contributed by atoms with E-state index in [0.29, 0.717) is 19.3 Å². The topological polar surface area (TPSA) is 113 Å². The van der Waals surface area contributed by atoms with Crippen LogP contribution in [0.25, 0.3) is 0 Å². The Kier molecular flexibility index (Phi) is 7.62. The molecule has 1 atom stereocenters. The number of aliphatic imine (C=N–C) groups is 1. The SMILES string of the molecule is CC(COCCC(=O)N1CCN2c3ncc(C(F)(F)F)nc3OCC2C1)=Nc1cc[nH]c(=O)c1C(F)(F)F. The molecule has 1 amide bonds. The van der Waals surface area contributed by atoms with E-state index in [0.717, 1.165) is 12.3 Å². The number of carbonyl (C=O) groups excluding carboxylic acids is 1. The normalized spacial score (nSPS) is 18.1. The van der Waals surface area contributed by atoms with Gasteiger partial charge in [-0.2, -0.15) is 26.3 Å². The van der Waals surface area contributed by atoms with Gasteiger partial charge in [0.1, 0.15) is 12.2 Å². The summed E-state index contributed by atoms with van der Waals surface area (Å²) in [4.78, 5) is 40.7. The van der Waals surface area contributed by atoms with Gasteiger partial charge in [0.15, 0.2) is 11.5 Å². The van der Waals surface area contributed by atoms with Crippen LogP contribution in [0.3, 0.4) is 0 Å². The Morgan fingerprint density at radius 1 is 1.24 bits per heavy atom. The number of aromatic nitrogens is 3. The number of anilines is 1. The molecule has 1 N–H and O–H groups in total. The van der Waals surface area contributed by atoms with Crippen molar-refractivity contribution in [1.82, 2.24) is 19.9 Å². The third-order valence-electron chi connectivity index (χ3n) is 5.84. The van der Waals surface area contributed by atoms with Crippen molar-refractivity contribution < 1.29 is 40.6 Å². The molecular formula is C22H22F6N6O4. The lowest BCUT2D eigenvalue weighted by molar-refractivity contribution is -0.142. The maximum Gasteiger partial charge on any atom is 0.435 e. The molecule has 0 aromatic carbocycles. The fourth-order valence-electron chi connectivity index (χ4n) is 4.09. The molecule has 0 aliphatic carbocycles. The summed E-state index contributed by atoms with van der Waals surface area (Å²) in [6.45, 7) is 2.15. The maximum absolute atomic E-state index is 13.1. The molecule has 2 aromatic heterocycles. The number of piperazine rings is 1. The zero-order chi connectivity index (χ0) is 27.7. The lowest BCUT2D eigenvalue weighted by Crippen LogP contribution is -2.58. The number of nitrogens with zero attached hydrogens (tertiary/aromatic N) is 5. The highest BCUT2D eigenvalue weighted by Gasteiger charge is 2.39. The van der Waals surface area contributed by atoms with Crippen LogP contribution in [-0.2, 0) is 21.9 Å². The lowest BCUT2D eigenvalue weighted by Gasteiger charge is -2.44. The molecule has 2 aliphatic heterocycles. The monoisotopic (exact) mass is 548 g/mol. The molecule has 4 rings (SSSR count). The van der Waals surface area contributed by atoms with E-state index in [1.165, 1.54) is 6.92 Å². The number of carbonyl (C=O) groups is 1. The van der Waals surface area contributed by atoms with E-state index in [-0.39, 0.29) is 62.1 Å². The van der Waals surface area contributed by atoms with Gasteiger partial charge in [0.25, 0.3) is 11.4 Å². The zero-order valence-electron chi connectivity index (χ0n) is 19.9. The van der Waals surface area contributed by atoms with Crippen LogP contribution in [0.4, 0.5) is 37.8 Å². The van der Waals surface area contributed by atoms with Gasteiger partial charge < -0.3 is 24.3 Å². The Bertz CT molecular complexity index is 1280. The molecule has 4 heterocycles. The van der Waals surface area contributed by atoms with Crippen molar-refractivity contribution in [1.29, 1.82) is 0 Å². The minimum Gasteiger partial charge on any atom is -0.473 e. The highest BCUT2D eigenvalue weighted by atomic mass is 19.4. The summed E-state index contributed by atoms with van der Waals surface area (Å²) < 4.78 is 88.9. The summed E-state index contributed by atoms with van der Waals surface area (Å²) in [6, 6.07) is 0.712. The van der Waals surface area contributed by atoms with Crippen LogP contribution in [-0.4, -0.2) is 77.0 Å². The van der Waals surface area contributed by atoms with E-state index in [1.807, 2.05) is 4.98 Å². The zero-order valence-corrected chi connectivity index (χ0v) is 19.9. The number of ether oxygens (including phenoxy) is 2. The second kappa shape index (κ2) is 10.6. The minimum atomic E-state index is -4.88. The van der Waals surface area contributed by atoms with Crippen LogP contribution in [0.2, 0.25) is 0 Å². The molecule has 1 fully saturated rings. The Morgan fingerprint density at radius 3 is 2.71 bits per heavy atom. The smallest absolute Gasteiger partial charge is 0.435 e. The van der Waals surface area contributed by atoms with Crippen LogP contribution < -0.4 is 15.2 Å². The van der Waals surface area contributed by atoms with Crippen molar-refractivity contribution in [3.8, 4) is 5.88 Å². The first-order valence-electron chi connectivity index (χ1n) is 11.4. The van der Waals surface area contributed by atoms with Gasteiger partial charge in [0.2, 0.25) is 5.91 Å². The first kappa shape index (κ1) is 27.3. The molecule has 1 unspecified atom stereocenters. The van der Waals surface area contributed by atoms with Crippen molar-refractivity contribution in [2.45, 2.75) is 31.7 Å². The number of pyridine rings is 1. The number of hydrogen-bond donors (Lipinski definition) is 1. The number of alkyl halides is 6. The molecule has 10 nitrogen and oxygen atoms in total. The average molecular weight is 548 g/mol. The predicted octanol–water partition coefficient (Wildman–Crippen LogP) is 2.81. The molecule has 0 radical (unpaired) electrons. The van der Waals surface area contributed by atoms with Crippen molar-refractivity contribution >= 4 is 23.1 Å². The van der Waals surface area contributed by atoms with E-state index in [4.69, 9.17) is 9.47 Å². The van der Waals surface area contributed by atoms with Gasteiger partial charge in [-0.1, -0.05) is 0 Å². The number of amides is 1. The number of H-pyrrole nitrogens is 1. The molecule has 0 spiro atoms. The summed E-state index contributed by atoms with van der Waals surface area (Å²) in [5, 5.41) is 0. The minimum absolute atomic E-state index is 0.00893. The van der Waals surface area contributed by atoms with E-state index in [9.17, 15) is 35.9 Å². The van der Waals surface area contributed by atoms with E-state index in [2.05, 4.69) is 15.0 Å². The summed E-state index contributed by atoms with van der Waals surface area (Å²) in [5.74, 6) is -0.255. The van der Waals surface area contributed by atoms with Gasteiger partial charge in [-0.15, -0.1) is 0 Å². The van der Waals surface area contributed by atoms with Gasteiger partial charge >= 0.3 is 12.4 Å². The van der Waals surface area contributed by atoms with E-state index in [1.54, 1.807) is 9.80 Å². The summed E-state index contributed by atoms with van der Waals surface area (Å²) in [6.07, 6.45) is -7.83. The number of nitrogens with one attached hydrogen (secondary N) is 1. The Balaban J connectivity index is 1.28. The number of aromatic amines is 1. The molecular weight excluding hydrogens is 526 g/mol. The van der Waals surface area contributed by atoms with Gasteiger partial charge in [0.05, 0.1) is 37.6 Å². The molecule has 1 saturated heterocycles. The summed E-state index contributed by atoms with van der Waals surface area (Å²) in [5.41, 5.74) is -4.22. The molecule has 38 heavy (non-hydrogen) atoms. The molecule has 0 bridgehead atoms.